The van der Waals surface area contributed by atoms with Crippen molar-refractivity contribution in [2.45, 2.75) is 0 Å². The quantitative estimate of drug-likeness (QED) is 0.163. The zero-order valence-electron chi connectivity index (χ0n) is 19.5. The number of nitrogens with zero attached hydrogens (tertiary/aromatic N) is 6. The van der Waals surface area contributed by atoms with Crippen LogP contribution >= 0.6 is 22.7 Å². The minimum atomic E-state index is -0.397. The summed E-state index contributed by atoms with van der Waals surface area (Å²) in [4.78, 5) is 29.3. The molecule has 1 fully saturated rings. The first-order valence-corrected chi connectivity index (χ1v) is 13.2. The molecule has 36 heavy (non-hydrogen) atoms. The van der Waals surface area contributed by atoms with Gasteiger partial charge in [-0.25, -0.2) is 15.0 Å². The number of rotatable bonds is 5. The van der Waals surface area contributed by atoms with E-state index in [9.17, 15) is 10.1 Å². The van der Waals surface area contributed by atoms with Gasteiger partial charge in [0.1, 0.15) is 5.01 Å². The molecule has 1 aliphatic rings. The third-order valence-electron chi connectivity index (χ3n) is 6.29. The standard InChI is InChI=1S/C26H22N6O2S2/c1-30-10-12-31(13-11-30)20-7-8-21-24(15-20)36-26(29-21)27-16-17-2-9-23-22(14-17)28-25(35-23)18-3-5-19(6-4-18)32(33)34/h2-9,14-16H,10-13H2,1H3/b27-16+. The van der Waals surface area contributed by atoms with Crippen molar-refractivity contribution in [3.63, 3.8) is 0 Å². The Morgan fingerprint density at radius 2 is 1.72 bits per heavy atom. The van der Waals surface area contributed by atoms with Gasteiger partial charge in [-0.05, 0) is 55.1 Å². The molecule has 1 saturated heterocycles. The van der Waals surface area contributed by atoms with E-state index >= 15 is 0 Å². The van der Waals surface area contributed by atoms with Gasteiger partial charge in [-0.1, -0.05) is 17.4 Å². The smallest absolute Gasteiger partial charge is 0.269 e. The van der Waals surface area contributed by atoms with Gasteiger partial charge in [-0.3, -0.25) is 10.1 Å². The molecular weight excluding hydrogens is 492 g/mol. The zero-order chi connectivity index (χ0) is 24.6. The minimum Gasteiger partial charge on any atom is -0.369 e. The van der Waals surface area contributed by atoms with Gasteiger partial charge in [-0.2, -0.15) is 0 Å². The molecule has 2 aromatic heterocycles. The number of non-ortho nitro benzene ring substituents is 1. The molecule has 6 rings (SSSR count). The van der Waals surface area contributed by atoms with E-state index in [0.29, 0.717) is 0 Å². The van der Waals surface area contributed by atoms with Crippen molar-refractivity contribution in [2.75, 3.05) is 38.1 Å². The normalized spacial score (nSPS) is 14.9. The van der Waals surface area contributed by atoms with Crippen molar-refractivity contribution in [1.82, 2.24) is 14.9 Å². The molecule has 0 bridgehead atoms. The SMILES string of the molecule is CN1CCN(c2ccc3nc(/N=C/c4ccc5sc(-c6ccc([N+](=O)[O-])cc6)nc5c4)sc3c2)CC1. The molecule has 0 saturated carbocycles. The van der Waals surface area contributed by atoms with Crippen LogP contribution in [0.25, 0.3) is 31.0 Å². The van der Waals surface area contributed by atoms with Crippen molar-refractivity contribution >= 4 is 65.8 Å². The monoisotopic (exact) mass is 514 g/mol. The molecule has 10 heteroatoms. The van der Waals surface area contributed by atoms with E-state index in [-0.39, 0.29) is 5.69 Å². The lowest BCUT2D eigenvalue weighted by atomic mass is 10.2. The number of hydrogen-bond donors (Lipinski definition) is 0. The highest BCUT2D eigenvalue weighted by Crippen LogP contribution is 2.33. The molecule has 0 spiro atoms. The number of benzene rings is 3. The summed E-state index contributed by atoms with van der Waals surface area (Å²) in [5.74, 6) is 0. The van der Waals surface area contributed by atoms with Crippen molar-refractivity contribution < 1.29 is 4.92 Å². The number of anilines is 1. The number of thiazole rings is 2. The van der Waals surface area contributed by atoms with Crippen molar-refractivity contribution in [3.8, 4) is 10.6 Å². The van der Waals surface area contributed by atoms with Crippen LogP contribution in [0, 0.1) is 10.1 Å². The summed E-state index contributed by atoms with van der Waals surface area (Å²) in [6, 6.07) is 19.0. The van der Waals surface area contributed by atoms with E-state index in [4.69, 9.17) is 4.98 Å². The predicted molar refractivity (Wildman–Crippen MR) is 148 cm³/mol. The molecule has 3 heterocycles. The Bertz CT molecular complexity index is 1600. The fourth-order valence-electron chi connectivity index (χ4n) is 4.22. The molecule has 3 aromatic carbocycles. The average molecular weight is 515 g/mol. The van der Waals surface area contributed by atoms with Crippen LogP contribution in [0.4, 0.5) is 16.5 Å². The second-order valence-electron chi connectivity index (χ2n) is 8.75. The van der Waals surface area contributed by atoms with Crippen LogP contribution in [-0.4, -0.2) is 59.2 Å². The van der Waals surface area contributed by atoms with E-state index in [2.05, 4.69) is 45.0 Å². The number of aromatic nitrogens is 2. The Morgan fingerprint density at radius 1 is 0.917 bits per heavy atom. The molecule has 0 amide bonds. The average Bonchev–Trinajstić information content (AvgIpc) is 3.51. The highest BCUT2D eigenvalue weighted by Gasteiger charge is 2.15. The Kier molecular flexibility index (Phi) is 5.92. The topological polar surface area (TPSA) is 87.8 Å². The van der Waals surface area contributed by atoms with Crippen LogP contribution in [-0.2, 0) is 0 Å². The third-order valence-corrected chi connectivity index (χ3v) is 8.30. The molecule has 0 N–H and O–H groups in total. The maximum atomic E-state index is 10.9. The van der Waals surface area contributed by atoms with E-state index in [0.717, 1.165) is 67.9 Å². The summed E-state index contributed by atoms with van der Waals surface area (Å²) < 4.78 is 2.19. The van der Waals surface area contributed by atoms with Gasteiger partial charge in [0.2, 0.25) is 5.13 Å². The van der Waals surface area contributed by atoms with Gasteiger partial charge in [-0.15, -0.1) is 11.3 Å². The number of aliphatic imine (C=N–C) groups is 1. The highest BCUT2D eigenvalue weighted by molar-refractivity contribution is 7.22. The second-order valence-corrected chi connectivity index (χ2v) is 10.8. The van der Waals surface area contributed by atoms with E-state index in [1.165, 1.54) is 17.8 Å². The van der Waals surface area contributed by atoms with E-state index in [1.807, 2.05) is 24.4 Å². The summed E-state index contributed by atoms with van der Waals surface area (Å²) in [5, 5.41) is 12.5. The Morgan fingerprint density at radius 3 is 2.50 bits per heavy atom. The van der Waals surface area contributed by atoms with Gasteiger partial charge >= 0.3 is 0 Å². The number of piperazine rings is 1. The lowest BCUT2D eigenvalue weighted by molar-refractivity contribution is -0.384. The number of nitro groups is 1. The first-order chi connectivity index (χ1) is 17.5. The number of hydrogen-bond acceptors (Lipinski definition) is 9. The summed E-state index contributed by atoms with van der Waals surface area (Å²) in [6.45, 7) is 4.23. The lowest BCUT2D eigenvalue weighted by Crippen LogP contribution is -2.44. The van der Waals surface area contributed by atoms with Gasteiger partial charge in [0.05, 0.1) is 25.4 Å². The number of fused-ring (bicyclic) bond motifs is 2. The summed E-state index contributed by atoms with van der Waals surface area (Å²) in [5.41, 5.74) is 4.96. The molecule has 0 unspecified atom stereocenters. The van der Waals surface area contributed by atoms with Gasteiger partial charge in [0, 0.05) is 55.8 Å². The first-order valence-electron chi connectivity index (χ1n) is 11.6. The third kappa shape index (κ3) is 4.58. The van der Waals surface area contributed by atoms with Crippen LogP contribution in [0.1, 0.15) is 5.56 Å². The fraction of sp³-hybridized carbons (Fsp3) is 0.192. The fourth-order valence-corrected chi connectivity index (χ4v) is 6.02. The second kappa shape index (κ2) is 9.38. The summed E-state index contributed by atoms with van der Waals surface area (Å²) in [7, 11) is 2.16. The van der Waals surface area contributed by atoms with Crippen LogP contribution in [0.15, 0.2) is 65.7 Å². The first kappa shape index (κ1) is 22.7. The summed E-state index contributed by atoms with van der Waals surface area (Å²) in [6.07, 6.45) is 1.82. The van der Waals surface area contributed by atoms with Crippen LogP contribution < -0.4 is 4.90 Å². The maximum Gasteiger partial charge on any atom is 0.269 e. The Balaban J connectivity index is 1.21. The molecule has 5 aromatic rings. The van der Waals surface area contributed by atoms with Crippen molar-refractivity contribution in [2.24, 2.45) is 4.99 Å². The predicted octanol–water partition coefficient (Wildman–Crippen LogP) is 5.98. The minimum absolute atomic E-state index is 0.0729. The molecule has 0 atom stereocenters. The lowest BCUT2D eigenvalue weighted by Gasteiger charge is -2.34. The van der Waals surface area contributed by atoms with Gasteiger partial charge < -0.3 is 9.80 Å². The molecular formula is C26H22N6O2S2. The number of nitro benzene ring substituents is 1. The van der Waals surface area contributed by atoms with E-state index < -0.39 is 4.92 Å². The highest BCUT2D eigenvalue weighted by atomic mass is 32.1. The number of likely N-dealkylation sites (N-methyl/N-ethyl adjacent to an activating group) is 1. The Labute approximate surface area is 215 Å². The molecule has 1 aliphatic heterocycles. The largest absolute Gasteiger partial charge is 0.369 e. The van der Waals surface area contributed by atoms with E-state index in [1.54, 1.807) is 34.8 Å². The molecule has 180 valence electrons. The van der Waals surface area contributed by atoms with Gasteiger partial charge in [0.25, 0.3) is 5.69 Å². The zero-order valence-corrected chi connectivity index (χ0v) is 21.1. The molecule has 8 nitrogen and oxygen atoms in total. The van der Waals surface area contributed by atoms with Crippen LogP contribution in [0.2, 0.25) is 0 Å². The van der Waals surface area contributed by atoms with Crippen LogP contribution in [0.3, 0.4) is 0 Å². The van der Waals surface area contributed by atoms with Gasteiger partial charge in [0.15, 0.2) is 0 Å². The maximum absolute atomic E-state index is 10.9. The molecule has 0 aliphatic carbocycles. The summed E-state index contributed by atoms with van der Waals surface area (Å²) >= 11 is 3.16. The molecule has 0 radical (unpaired) electrons. The van der Waals surface area contributed by atoms with Crippen molar-refractivity contribution in [3.05, 3.63) is 76.3 Å². The van der Waals surface area contributed by atoms with Crippen LogP contribution in [0.5, 0.6) is 0 Å². The van der Waals surface area contributed by atoms with Crippen molar-refractivity contribution in [1.29, 1.82) is 0 Å². The Hall–Kier alpha value is -3.73.